The normalized spacial score (nSPS) is 10.4. The highest BCUT2D eigenvalue weighted by molar-refractivity contribution is 6.04. The summed E-state index contributed by atoms with van der Waals surface area (Å²) in [4.78, 5) is 20.1. The second-order valence-electron chi connectivity index (χ2n) is 5.35. The van der Waals surface area contributed by atoms with Crippen LogP contribution in [0.25, 0.3) is 0 Å². The van der Waals surface area contributed by atoms with E-state index in [4.69, 9.17) is 0 Å². The lowest BCUT2D eigenvalue weighted by Crippen LogP contribution is -2.14. The number of carbonyl (C=O) groups is 1. The first-order chi connectivity index (χ1) is 12.5. The standard InChI is InChI=1S/C18H13F3N4O/c19-14-1-2-15(17(21)16(14)20)25-18(26)12-7-13(10-23-9-12)24-8-11-3-5-22-6-4-11/h1-7,9-10,24H,8H2,(H,25,26). The predicted octanol–water partition coefficient (Wildman–Crippen LogP) is 3.76. The minimum atomic E-state index is -1.64. The number of pyridine rings is 2. The molecule has 0 spiro atoms. The van der Waals surface area contributed by atoms with Crippen LogP contribution in [0, 0.1) is 17.5 Å². The summed E-state index contributed by atoms with van der Waals surface area (Å²) in [5.41, 5.74) is 1.23. The molecule has 1 amide bonds. The smallest absolute Gasteiger partial charge is 0.257 e. The zero-order valence-corrected chi connectivity index (χ0v) is 13.3. The number of benzene rings is 1. The van der Waals surface area contributed by atoms with Crippen molar-refractivity contribution in [3.05, 3.63) is 83.7 Å². The predicted molar refractivity (Wildman–Crippen MR) is 90.1 cm³/mol. The number of anilines is 2. The molecular formula is C18H13F3N4O. The molecule has 3 aromatic rings. The van der Waals surface area contributed by atoms with Gasteiger partial charge in [0.15, 0.2) is 17.5 Å². The molecule has 0 radical (unpaired) electrons. The average Bonchev–Trinajstić information content (AvgIpc) is 2.68. The number of hydrogen-bond donors (Lipinski definition) is 2. The van der Waals surface area contributed by atoms with Gasteiger partial charge in [-0.05, 0) is 35.9 Å². The summed E-state index contributed by atoms with van der Waals surface area (Å²) in [6.07, 6.45) is 6.13. The fraction of sp³-hybridized carbons (Fsp3) is 0.0556. The van der Waals surface area contributed by atoms with Crippen LogP contribution >= 0.6 is 0 Å². The third kappa shape index (κ3) is 3.97. The second-order valence-corrected chi connectivity index (χ2v) is 5.35. The fourth-order valence-corrected chi connectivity index (χ4v) is 2.18. The number of aromatic nitrogens is 2. The lowest BCUT2D eigenvalue weighted by atomic mass is 10.2. The Kier molecular flexibility index (Phi) is 5.12. The van der Waals surface area contributed by atoms with Crippen molar-refractivity contribution in [2.75, 3.05) is 10.6 Å². The Morgan fingerprint density at radius 2 is 1.73 bits per heavy atom. The van der Waals surface area contributed by atoms with Crippen molar-refractivity contribution in [3.63, 3.8) is 0 Å². The molecule has 0 saturated carbocycles. The van der Waals surface area contributed by atoms with Crippen LogP contribution in [0.4, 0.5) is 24.5 Å². The highest BCUT2D eigenvalue weighted by Gasteiger charge is 2.16. The quantitative estimate of drug-likeness (QED) is 0.682. The largest absolute Gasteiger partial charge is 0.380 e. The van der Waals surface area contributed by atoms with Gasteiger partial charge in [0, 0.05) is 31.3 Å². The molecule has 1 aromatic carbocycles. The molecule has 2 aromatic heterocycles. The number of halogens is 3. The number of nitrogens with zero attached hydrogens (tertiary/aromatic N) is 2. The average molecular weight is 358 g/mol. The first kappa shape index (κ1) is 17.4. The molecule has 0 aliphatic carbocycles. The van der Waals surface area contributed by atoms with Gasteiger partial charge in [-0.15, -0.1) is 0 Å². The van der Waals surface area contributed by atoms with Gasteiger partial charge in [0.05, 0.1) is 16.9 Å². The van der Waals surface area contributed by atoms with Crippen LogP contribution in [0.1, 0.15) is 15.9 Å². The van der Waals surface area contributed by atoms with Gasteiger partial charge >= 0.3 is 0 Å². The van der Waals surface area contributed by atoms with Gasteiger partial charge in [-0.3, -0.25) is 14.8 Å². The zero-order valence-electron chi connectivity index (χ0n) is 13.3. The lowest BCUT2D eigenvalue weighted by molar-refractivity contribution is 0.102. The number of hydrogen-bond acceptors (Lipinski definition) is 4. The van der Waals surface area contributed by atoms with E-state index in [-0.39, 0.29) is 5.56 Å². The molecule has 3 rings (SSSR count). The highest BCUT2D eigenvalue weighted by atomic mass is 19.2. The lowest BCUT2D eigenvalue weighted by Gasteiger charge is -2.09. The number of carbonyl (C=O) groups excluding carboxylic acids is 1. The summed E-state index contributed by atoms with van der Waals surface area (Å²) in [5, 5.41) is 5.29. The van der Waals surface area contributed by atoms with Crippen molar-refractivity contribution in [2.45, 2.75) is 6.54 Å². The summed E-state index contributed by atoms with van der Waals surface area (Å²) in [7, 11) is 0. The Labute approximate surface area is 146 Å². The molecule has 8 heteroatoms. The first-order valence-electron chi connectivity index (χ1n) is 7.57. The van der Waals surface area contributed by atoms with Crippen molar-refractivity contribution in [3.8, 4) is 0 Å². The summed E-state index contributed by atoms with van der Waals surface area (Å²) in [5.74, 6) is -5.13. The van der Waals surface area contributed by atoms with Crippen LogP contribution in [-0.4, -0.2) is 15.9 Å². The molecule has 26 heavy (non-hydrogen) atoms. The molecule has 0 aliphatic rings. The second kappa shape index (κ2) is 7.64. The summed E-state index contributed by atoms with van der Waals surface area (Å²) >= 11 is 0. The van der Waals surface area contributed by atoms with Crippen LogP contribution in [0.5, 0.6) is 0 Å². The van der Waals surface area contributed by atoms with Crippen LogP contribution in [0.15, 0.2) is 55.1 Å². The van der Waals surface area contributed by atoms with E-state index >= 15 is 0 Å². The number of nitrogens with one attached hydrogen (secondary N) is 2. The molecule has 0 unspecified atom stereocenters. The van der Waals surface area contributed by atoms with E-state index in [1.807, 2.05) is 12.1 Å². The van der Waals surface area contributed by atoms with E-state index in [1.165, 1.54) is 18.5 Å². The summed E-state index contributed by atoms with van der Waals surface area (Å²) in [6, 6.07) is 6.87. The SMILES string of the molecule is O=C(Nc1ccc(F)c(F)c1F)c1cncc(NCc2ccncc2)c1. The molecule has 5 nitrogen and oxygen atoms in total. The van der Waals surface area contributed by atoms with Crippen molar-refractivity contribution in [2.24, 2.45) is 0 Å². The van der Waals surface area contributed by atoms with Gasteiger partial charge in [-0.25, -0.2) is 13.2 Å². The minimum Gasteiger partial charge on any atom is -0.380 e. The Morgan fingerprint density at radius 1 is 0.962 bits per heavy atom. The van der Waals surface area contributed by atoms with Crippen LogP contribution in [-0.2, 0) is 6.54 Å². The van der Waals surface area contributed by atoms with Crippen LogP contribution in [0.2, 0.25) is 0 Å². The van der Waals surface area contributed by atoms with Crippen molar-refractivity contribution in [1.82, 2.24) is 9.97 Å². The Hall–Kier alpha value is -3.42. The first-order valence-corrected chi connectivity index (χ1v) is 7.57. The Balaban J connectivity index is 1.71. The van der Waals surface area contributed by atoms with E-state index in [0.717, 1.165) is 17.7 Å². The van der Waals surface area contributed by atoms with Crippen LogP contribution < -0.4 is 10.6 Å². The molecule has 0 atom stereocenters. The Bertz CT molecular complexity index is 935. The maximum atomic E-state index is 13.7. The van der Waals surface area contributed by atoms with E-state index in [9.17, 15) is 18.0 Å². The maximum Gasteiger partial charge on any atom is 0.257 e. The van der Waals surface area contributed by atoms with E-state index in [0.29, 0.717) is 12.2 Å². The van der Waals surface area contributed by atoms with Gasteiger partial charge in [0.1, 0.15) is 0 Å². The van der Waals surface area contributed by atoms with Gasteiger partial charge in [0.2, 0.25) is 0 Å². The minimum absolute atomic E-state index is 0.133. The van der Waals surface area contributed by atoms with E-state index in [1.54, 1.807) is 12.4 Å². The van der Waals surface area contributed by atoms with Gasteiger partial charge < -0.3 is 10.6 Å². The van der Waals surface area contributed by atoms with Crippen molar-refractivity contribution in [1.29, 1.82) is 0 Å². The number of amides is 1. The monoisotopic (exact) mass is 358 g/mol. The molecular weight excluding hydrogens is 345 g/mol. The molecule has 2 heterocycles. The van der Waals surface area contributed by atoms with Crippen molar-refractivity contribution < 1.29 is 18.0 Å². The van der Waals surface area contributed by atoms with Crippen LogP contribution in [0.3, 0.4) is 0 Å². The molecule has 2 N–H and O–H groups in total. The molecule has 0 aliphatic heterocycles. The number of rotatable bonds is 5. The fourth-order valence-electron chi connectivity index (χ4n) is 2.18. The summed E-state index contributed by atoms with van der Waals surface area (Å²) in [6.45, 7) is 0.493. The summed E-state index contributed by atoms with van der Waals surface area (Å²) < 4.78 is 39.9. The highest BCUT2D eigenvalue weighted by Crippen LogP contribution is 2.20. The maximum absolute atomic E-state index is 13.7. The third-order valence-electron chi connectivity index (χ3n) is 3.53. The molecule has 0 bridgehead atoms. The Morgan fingerprint density at radius 3 is 2.50 bits per heavy atom. The topological polar surface area (TPSA) is 66.9 Å². The zero-order chi connectivity index (χ0) is 18.5. The van der Waals surface area contributed by atoms with Gasteiger partial charge in [-0.2, -0.15) is 0 Å². The van der Waals surface area contributed by atoms with Crippen molar-refractivity contribution >= 4 is 17.3 Å². The third-order valence-corrected chi connectivity index (χ3v) is 3.53. The van der Waals surface area contributed by atoms with Gasteiger partial charge in [-0.1, -0.05) is 0 Å². The molecule has 0 saturated heterocycles. The molecule has 132 valence electrons. The van der Waals surface area contributed by atoms with E-state index in [2.05, 4.69) is 20.6 Å². The molecule has 0 fully saturated rings. The van der Waals surface area contributed by atoms with E-state index < -0.39 is 29.0 Å². The van der Waals surface area contributed by atoms with Gasteiger partial charge in [0.25, 0.3) is 5.91 Å².